The van der Waals surface area contributed by atoms with Crippen LogP contribution in [0.1, 0.15) is 44.2 Å². The number of hydrogen-bond acceptors (Lipinski definition) is 4. The number of ether oxygens (including phenoxy) is 1. The van der Waals surface area contributed by atoms with Gasteiger partial charge in [-0.15, -0.1) is 0 Å². The van der Waals surface area contributed by atoms with Crippen molar-refractivity contribution in [2.45, 2.75) is 44.7 Å². The predicted molar refractivity (Wildman–Crippen MR) is 97.7 cm³/mol. The Bertz CT molecular complexity index is 609. The molecule has 2 atom stereocenters. The number of carbonyl (C=O) groups excluding carboxylic acids is 3. The fourth-order valence-corrected chi connectivity index (χ4v) is 2.76. The number of amides is 3. The summed E-state index contributed by atoms with van der Waals surface area (Å²) in [6, 6.07) is 5.20. The lowest BCUT2D eigenvalue weighted by atomic mass is 10.0. The SMILES string of the molecule is CCCCC(NC(N)=O)C(=O)NC(CC(=O)OC)c1cccc(Br)c1. The van der Waals surface area contributed by atoms with Crippen molar-refractivity contribution in [1.82, 2.24) is 10.6 Å². The third-order valence-corrected chi connectivity index (χ3v) is 4.14. The third kappa shape index (κ3) is 7.55. The van der Waals surface area contributed by atoms with E-state index in [2.05, 4.69) is 26.6 Å². The first kappa shape index (κ1) is 21.0. The van der Waals surface area contributed by atoms with Crippen LogP contribution in [0.15, 0.2) is 28.7 Å². The summed E-state index contributed by atoms with van der Waals surface area (Å²) in [4.78, 5) is 35.4. The first-order valence-electron chi connectivity index (χ1n) is 8.06. The van der Waals surface area contributed by atoms with Gasteiger partial charge in [-0.05, 0) is 24.1 Å². The zero-order chi connectivity index (χ0) is 18.8. The molecule has 2 unspecified atom stereocenters. The van der Waals surface area contributed by atoms with Gasteiger partial charge in [0.05, 0.1) is 19.6 Å². The summed E-state index contributed by atoms with van der Waals surface area (Å²) in [5.74, 6) is -0.834. The Morgan fingerprint density at radius 1 is 1.28 bits per heavy atom. The van der Waals surface area contributed by atoms with E-state index >= 15 is 0 Å². The summed E-state index contributed by atoms with van der Waals surface area (Å²) in [6.45, 7) is 1.99. The van der Waals surface area contributed by atoms with Crippen LogP contribution in [-0.2, 0) is 14.3 Å². The number of hydrogen-bond donors (Lipinski definition) is 3. The van der Waals surface area contributed by atoms with Crippen LogP contribution in [0, 0.1) is 0 Å². The van der Waals surface area contributed by atoms with Gasteiger partial charge in [0.1, 0.15) is 6.04 Å². The average Bonchev–Trinajstić information content (AvgIpc) is 2.57. The Kier molecular flexibility index (Phi) is 8.98. The molecule has 1 rings (SSSR count). The molecule has 0 aliphatic carbocycles. The normalized spacial score (nSPS) is 12.8. The molecule has 1 aromatic rings. The van der Waals surface area contributed by atoms with Gasteiger partial charge in [-0.1, -0.05) is 47.8 Å². The molecule has 0 saturated carbocycles. The number of nitrogens with two attached hydrogens (primary N) is 1. The Morgan fingerprint density at radius 2 is 2.00 bits per heavy atom. The lowest BCUT2D eigenvalue weighted by Crippen LogP contribution is -2.49. The van der Waals surface area contributed by atoms with Crippen LogP contribution in [0.2, 0.25) is 0 Å². The van der Waals surface area contributed by atoms with E-state index in [0.29, 0.717) is 6.42 Å². The summed E-state index contributed by atoms with van der Waals surface area (Å²) in [7, 11) is 1.29. The molecule has 0 aromatic heterocycles. The number of unbranched alkanes of at least 4 members (excludes halogenated alkanes) is 1. The summed E-state index contributed by atoms with van der Waals surface area (Å²) in [5.41, 5.74) is 5.91. The van der Waals surface area contributed by atoms with E-state index in [9.17, 15) is 14.4 Å². The van der Waals surface area contributed by atoms with Crippen LogP contribution in [-0.4, -0.2) is 31.1 Å². The highest BCUT2D eigenvalue weighted by Gasteiger charge is 2.25. The Labute approximate surface area is 155 Å². The van der Waals surface area contributed by atoms with Crippen LogP contribution in [0.3, 0.4) is 0 Å². The number of benzene rings is 1. The van der Waals surface area contributed by atoms with E-state index in [1.165, 1.54) is 7.11 Å². The number of esters is 1. The number of primary amides is 1. The van der Waals surface area contributed by atoms with E-state index in [1.54, 1.807) is 6.07 Å². The molecule has 4 N–H and O–H groups in total. The molecule has 0 aliphatic heterocycles. The second-order valence-corrected chi connectivity index (χ2v) is 6.52. The van der Waals surface area contributed by atoms with Crippen molar-refractivity contribution in [3.8, 4) is 0 Å². The summed E-state index contributed by atoms with van der Waals surface area (Å²) in [6.07, 6.45) is 2.09. The second-order valence-electron chi connectivity index (χ2n) is 5.60. The third-order valence-electron chi connectivity index (χ3n) is 3.65. The molecule has 1 aromatic carbocycles. The molecule has 138 valence electrons. The molecule has 8 heteroatoms. The molecular formula is C17H24BrN3O4. The minimum absolute atomic E-state index is 0.0181. The van der Waals surface area contributed by atoms with Gasteiger partial charge in [0.25, 0.3) is 0 Å². The highest BCUT2D eigenvalue weighted by atomic mass is 79.9. The topological polar surface area (TPSA) is 111 Å². The molecule has 0 heterocycles. The molecule has 0 fully saturated rings. The van der Waals surface area contributed by atoms with Crippen molar-refractivity contribution in [3.63, 3.8) is 0 Å². The minimum Gasteiger partial charge on any atom is -0.469 e. The Balaban J connectivity index is 2.95. The summed E-state index contributed by atoms with van der Waals surface area (Å²) >= 11 is 3.37. The standard InChI is InChI=1S/C17H24BrN3O4/c1-3-4-8-13(21-17(19)24)16(23)20-14(10-15(22)25-2)11-6-5-7-12(18)9-11/h5-7,9,13-14H,3-4,8,10H2,1-2H3,(H,20,23)(H3,19,21,24). The van der Waals surface area contributed by atoms with Gasteiger partial charge in [0.2, 0.25) is 5.91 Å². The van der Waals surface area contributed by atoms with Gasteiger partial charge in [-0.3, -0.25) is 9.59 Å². The second kappa shape index (κ2) is 10.7. The van der Waals surface area contributed by atoms with Crippen LogP contribution in [0.25, 0.3) is 0 Å². The lowest BCUT2D eigenvalue weighted by Gasteiger charge is -2.23. The molecule has 0 radical (unpaired) electrons. The largest absolute Gasteiger partial charge is 0.469 e. The fraction of sp³-hybridized carbons (Fsp3) is 0.471. The number of rotatable bonds is 9. The van der Waals surface area contributed by atoms with Gasteiger partial charge >= 0.3 is 12.0 Å². The molecule has 0 saturated heterocycles. The first-order chi connectivity index (χ1) is 11.9. The molecule has 3 amide bonds. The quantitative estimate of drug-likeness (QED) is 0.539. The van der Waals surface area contributed by atoms with E-state index < -0.39 is 24.1 Å². The van der Waals surface area contributed by atoms with E-state index in [1.807, 2.05) is 25.1 Å². The molecule has 25 heavy (non-hydrogen) atoms. The molecular weight excluding hydrogens is 390 g/mol. The van der Waals surface area contributed by atoms with Crippen molar-refractivity contribution >= 4 is 33.8 Å². The number of methoxy groups -OCH3 is 1. The average molecular weight is 414 g/mol. The van der Waals surface area contributed by atoms with E-state index in [-0.39, 0.29) is 12.3 Å². The van der Waals surface area contributed by atoms with Crippen molar-refractivity contribution in [1.29, 1.82) is 0 Å². The summed E-state index contributed by atoms with van der Waals surface area (Å²) in [5, 5.41) is 5.26. The molecule has 7 nitrogen and oxygen atoms in total. The van der Waals surface area contributed by atoms with Crippen LogP contribution < -0.4 is 16.4 Å². The highest BCUT2D eigenvalue weighted by molar-refractivity contribution is 9.10. The van der Waals surface area contributed by atoms with Gasteiger partial charge in [0, 0.05) is 4.47 Å². The minimum atomic E-state index is -0.761. The Hall–Kier alpha value is -2.09. The summed E-state index contributed by atoms with van der Waals surface area (Å²) < 4.78 is 5.54. The van der Waals surface area contributed by atoms with Gasteiger partial charge in [0.15, 0.2) is 0 Å². The number of carbonyl (C=O) groups is 3. The highest BCUT2D eigenvalue weighted by Crippen LogP contribution is 2.22. The Morgan fingerprint density at radius 3 is 2.56 bits per heavy atom. The van der Waals surface area contributed by atoms with E-state index in [4.69, 9.17) is 10.5 Å². The molecule has 0 spiro atoms. The van der Waals surface area contributed by atoms with Crippen LogP contribution in [0.5, 0.6) is 0 Å². The molecule has 0 bridgehead atoms. The van der Waals surface area contributed by atoms with Crippen molar-refractivity contribution in [2.24, 2.45) is 5.73 Å². The lowest BCUT2D eigenvalue weighted by molar-refractivity contribution is -0.141. The van der Waals surface area contributed by atoms with Crippen LogP contribution >= 0.6 is 15.9 Å². The van der Waals surface area contributed by atoms with Gasteiger partial charge < -0.3 is 21.1 Å². The van der Waals surface area contributed by atoms with Crippen LogP contribution in [0.4, 0.5) is 4.79 Å². The zero-order valence-corrected chi connectivity index (χ0v) is 16.0. The zero-order valence-electron chi connectivity index (χ0n) is 14.4. The number of urea groups is 1. The molecule has 0 aliphatic rings. The smallest absolute Gasteiger partial charge is 0.312 e. The maximum Gasteiger partial charge on any atom is 0.312 e. The maximum atomic E-state index is 12.6. The predicted octanol–water partition coefficient (Wildman–Crippen LogP) is 2.40. The van der Waals surface area contributed by atoms with Crippen molar-refractivity contribution in [3.05, 3.63) is 34.3 Å². The van der Waals surface area contributed by atoms with Crippen molar-refractivity contribution < 1.29 is 19.1 Å². The maximum absolute atomic E-state index is 12.6. The monoisotopic (exact) mass is 413 g/mol. The number of nitrogens with one attached hydrogen (secondary N) is 2. The number of halogens is 1. The van der Waals surface area contributed by atoms with Gasteiger partial charge in [-0.25, -0.2) is 4.79 Å². The first-order valence-corrected chi connectivity index (χ1v) is 8.85. The van der Waals surface area contributed by atoms with E-state index in [0.717, 1.165) is 22.9 Å². The van der Waals surface area contributed by atoms with Crippen molar-refractivity contribution in [2.75, 3.05) is 7.11 Å². The van der Waals surface area contributed by atoms with Gasteiger partial charge in [-0.2, -0.15) is 0 Å². The fourth-order valence-electron chi connectivity index (χ4n) is 2.35.